The van der Waals surface area contributed by atoms with Gasteiger partial charge in [-0.25, -0.2) is 0 Å². The number of hydrogen-bond donors (Lipinski definition) is 0. The van der Waals surface area contributed by atoms with Crippen LogP contribution in [0.15, 0.2) is 11.1 Å². The van der Waals surface area contributed by atoms with Gasteiger partial charge in [0.15, 0.2) is 5.78 Å². The van der Waals surface area contributed by atoms with E-state index in [4.69, 9.17) is 0 Å². The van der Waals surface area contributed by atoms with Crippen LogP contribution in [-0.2, 0) is 9.59 Å². The molecule has 0 amide bonds. The van der Waals surface area contributed by atoms with E-state index in [0.29, 0.717) is 6.42 Å². The summed E-state index contributed by atoms with van der Waals surface area (Å²) in [5, 5.41) is 0. The van der Waals surface area contributed by atoms with Crippen molar-refractivity contribution in [3.8, 4) is 0 Å². The molecule has 0 aromatic rings. The molecule has 1 aliphatic rings. The van der Waals surface area contributed by atoms with Crippen LogP contribution in [0.5, 0.6) is 0 Å². The standard InChI is InChI=1S/C15H24O2/c1-9-11(16)8-10(14(2,3)4)12(13(9)17)15(5,6)7/h9H,8H2,1-7H3. The molecular weight excluding hydrogens is 212 g/mol. The minimum Gasteiger partial charge on any atom is -0.299 e. The Bertz CT molecular complexity index is 386. The van der Waals surface area contributed by atoms with E-state index < -0.39 is 5.92 Å². The van der Waals surface area contributed by atoms with Crippen molar-refractivity contribution < 1.29 is 9.59 Å². The fourth-order valence-corrected chi connectivity index (χ4v) is 2.39. The highest BCUT2D eigenvalue weighted by molar-refractivity contribution is 6.14. The lowest BCUT2D eigenvalue weighted by molar-refractivity contribution is -0.131. The number of carbonyl (C=O) groups excluding carboxylic acids is 2. The molecule has 0 aromatic heterocycles. The van der Waals surface area contributed by atoms with Crippen LogP contribution in [0.25, 0.3) is 0 Å². The zero-order valence-electron chi connectivity index (χ0n) is 12.1. The summed E-state index contributed by atoms with van der Waals surface area (Å²) >= 11 is 0. The van der Waals surface area contributed by atoms with E-state index in [1.807, 2.05) is 0 Å². The fourth-order valence-electron chi connectivity index (χ4n) is 2.39. The molecule has 0 bridgehead atoms. The van der Waals surface area contributed by atoms with Gasteiger partial charge < -0.3 is 0 Å². The molecule has 96 valence electrons. The van der Waals surface area contributed by atoms with Crippen LogP contribution in [0, 0.1) is 16.7 Å². The summed E-state index contributed by atoms with van der Waals surface area (Å²) < 4.78 is 0. The molecule has 2 nitrogen and oxygen atoms in total. The van der Waals surface area contributed by atoms with Crippen LogP contribution in [0.4, 0.5) is 0 Å². The third-order valence-corrected chi connectivity index (χ3v) is 3.43. The highest BCUT2D eigenvalue weighted by Crippen LogP contribution is 2.43. The van der Waals surface area contributed by atoms with Crippen molar-refractivity contribution >= 4 is 11.6 Å². The van der Waals surface area contributed by atoms with Gasteiger partial charge in [-0.1, -0.05) is 47.1 Å². The molecule has 0 heterocycles. The molecular formula is C15H24O2. The summed E-state index contributed by atoms with van der Waals surface area (Å²) in [4.78, 5) is 24.2. The van der Waals surface area contributed by atoms with Gasteiger partial charge in [0, 0.05) is 12.0 Å². The van der Waals surface area contributed by atoms with E-state index in [1.165, 1.54) is 0 Å². The minimum atomic E-state index is -0.463. The number of carbonyl (C=O) groups is 2. The first-order valence-corrected chi connectivity index (χ1v) is 6.27. The number of rotatable bonds is 0. The SMILES string of the molecule is CC1C(=O)CC(C(C)(C)C)=C(C(C)(C)C)C1=O. The average molecular weight is 236 g/mol. The Morgan fingerprint density at radius 1 is 0.941 bits per heavy atom. The summed E-state index contributed by atoms with van der Waals surface area (Å²) in [6.07, 6.45) is 0.434. The topological polar surface area (TPSA) is 34.1 Å². The van der Waals surface area contributed by atoms with Crippen molar-refractivity contribution in [2.45, 2.75) is 54.9 Å². The molecule has 1 atom stereocenters. The Morgan fingerprint density at radius 3 is 1.76 bits per heavy atom. The van der Waals surface area contributed by atoms with Crippen LogP contribution < -0.4 is 0 Å². The second-order valence-corrected chi connectivity index (χ2v) is 7.08. The molecule has 0 radical (unpaired) electrons. The zero-order valence-corrected chi connectivity index (χ0v) is 12.1. The van der Waals surface area contributed by atoms with Gasteiger partial charge >= 0.3 is 0 Å². The molecule has 0 aliphatic heterocycles. The Hall–Kier alpha value is -0.920. The first-order chi connectivity index (χ1) is 7.46. The molecule has 0 spiro atoms. The van der Waals surface area contributed by atoms with Crippen LogP contribution in [0.1, 0.15) is 54.9 Å². The summed E-state index contributed by atoms with van der Waals surface area (Å²) in [6, 6.07) is 0. The van der Waals surface area contributed by atoms with Gasteiger partial charge in [-0.15, -0.1) is 0 Å². The van der Waals surface area contributed by atoms with Gasteiger partial charge in [-0.2, -0.15) is 0 Å². The maximum absolute atomic E-state index is 12.4. The molecule has 0 saturated carbocycles. The predicted octanol–water partition coefficient (Wildman–Crippen LogP) is 3.55. The molecule has 2 heteroatoms. The Kier molecular flexibility index (Phi) is 3.39. The van der Waals surface area contributed by atoms with E-state index in [-0.39, 0.29) is 22.4 Å². The van der Waals surface area contributed by atoms with Crippen molar-refractivity contribution in [3.63, 3.8) is 0 Å². The molecule has 0 aromatic carbocycles. The van der Waals surface area contributed by atoms with Gasteiger partial charge in [-0.05, 0) is 17.8 Å². The van der Waals surface area contributed by atoms with E-state index in [9.17, 15) is 9.59 Å². The van der Waals surface area contributed by atoms with Crippen LogP contribution in [0.3, 0.4) is 0 Å². The molecule has 17 heavy (non-hydrogen) atoms. The third kappa shape index (κ3) is 2.67. The maximum atomic E-state index is 12.4. The lowest BCUT2D eigenvalue weighted by Crippen LogP contribution is -2.37. The number of allylic oxidation sites excluding steroid dienone is 2. The van der Waals surface area contributed by atoms with E-state index in [1.54, 1.807) is 6.92 Å². The largest absolute Gasteiger partial charge is 0.299 e. The summed E-state index contributed by atoms with van der Waals surface area (Å²) in [5.74, 6) is -0.373. The maximum Gasteiger partial charge on any atom is 0.169 e. The highest BCUT2D eigenvalue weighted by atomic mass is 16.2. The average Bonchev–Trinajstić information content (AvgIpc) is 2.09. The monoisotopic (exact) mass is 236 g/mol. The number of ketones is 2. The first-order valence-electron chi connectivity index (χ1n) is 6.27. The van der Waals surface area contributed by atoms with Crippen molar-refractivity contribution in [1.82, 2.24) is 0 Å². The first kappa shape index (κ1) is 14.1. The lowest BCUT2D eigenvalue weighted by atomic mass is 9.66. The van der Waals surface area contributed by atoms with Gasteiger partial charge in [0.2, 0.25) is 0 Å². The van der Waals surface area contributed by atoms with E-state index >= 15 is 0 Å². The smallest absolute Gasteiger partial charge is 0.169 e. The highest BCUT2D eigenvalue weighted by Gasteiger charge is 2.40. The van der Waals surface area contributed by atoms with Gasteiger partial charge in [0.1, 0.15) is 5.78 Å². The van der Waals surface area contributed by atoms with Crippen LogP contribution in [0.2, 0.25) is 0 Å². The fraction of sp³-hybridized carbons (Fsp3) is 0.733. The second-order valence-electron chi connectivity index (χ2n) is 7.08. The summed E-state index contributed by atoms with van der Waals surface area (Å²) in [5.41, 5.74) is 1.60. The zero-order chi connectivity index (χ0) is 13.6. The van der Waals surface area contributed by atoms with Crippen LogP contribution in [-0.4, -0.2) is 11.6 Å². The predicted molar refractivity (Wildman–Crippen MR) is 69.7 cm³/mol. The summed E-state index contributed by atoms with van der Waals surface area (Å²) in [6.45, 7) is 14.1. The van der Waals surface area contributed by atoms with Crippen molar-refractivity contribution in [3.05, 3.63) is 11.1 Å². The Morgan fingerprint density at radius 2 is 1.41 bits per heavy atom. The Balaban J connectivity index is 3.47. The molecule has 0 fully saturated rings. The minimum absolute atomic E-state index is 0.0266. The molecule has 1 aliphatic carbocycles. The van der Waals surface area contributed by atoms with Crippen molar-refractivity contribution in [2.75, 3.05) is 0 Å². The normalized spacial score (nSPS) is 23.4. The number of Topliss-reactive ketones (excluding diaryl/α,β-unsaturated/α-hetero) is 2. The number of hydrogen-bond acceptors (Lipinski definition) is 2. The molecule has 0 saturated heterocycles. The van der Waals surface area contributed by atoms with Gasteiger partial charge in [0.05, 0.1) is 5.92 Å². The lowest BCUT2D eigenvalue weighted by Gasteiger charge is -2.36. The van der Waals surface area contributed by atoms with Gasteiger partial charge in [-0.3, -0.25) is 9.59 Å². The third-order valence-electron chi connectivity index (χ3n) is 3.43. The molecule has 1 unspecified atom stereocenters. The van der Waals surface area contributed by atoms with E-state index in [0.717, 1.165) is 11.1 Å². The quantitative estimate of drug-likeness (QED) is 0.603. The Labute approximate surface area is 104 Å². The van der Waals surface area contributed by atoms with Crippen molar-refractivity contribution in [2.24, 2.45) is 16.7 Å². The second kappa shape index (κ2) is 4.08. The van der Waals surface area contributed by atoms with Crippen LogP contribution >= 0.6 is 0 Å². The van der Waals surface area contributed by atoms with Gasteiger partial charge in [0.25, 0.3) is 0 Å². The van der Waals surface area contributed by atoms with Crippen molar-refractivity contribution in [1.29, 1.82) is 0 Å². The van der Waals surface area contributed by atoms with E-state index in [2.05, 4.69) is 41.5 Å². The molecule has 1 rings (SSSR count). The molecule has 0 N–H and O–H groups in total. The summed E-state index contributed by atoms with van der Waals surface area (Å²) in [7, 11) is 0.